The number of benzene rings is 1. The topological polar surface area (TPSA) is 79.3 Å². The zero-order valence-electron chi connectivity index (χ0n) is 6.97. The van der Waals surface area contributed by atoms with E-state index in [1.165, 1.54) is 0 Å². The molecule has 0 amide bonds. The fraction of sp³-hybridized carbons (Fsp3) is 0.222. The van der Waals surface area contributed by atoms with E-state index in [0.717, 1.165) is 0 Å². The first kappa shape index (κ1) is 9.52. The van der Waals surface area contributed by atoms with Gasteiger partial charge in [-0.05, 0) is 24.3 Å². The third-order valence-corrected chi connectivity index (χ3v) is 1.40. The Kier molecular flexibility index (Phi) is 3.26. The average molecular weight is 178 g/mol. The molecule has 1 aromatic rings. The predicted octanol–water partition coefficient (Wildman–Crippen LogP) is 0.214. The fourth-order valence-corrected chi connectivity index (χ4v) is 0.807. The molecule has 0 aliphatic heterocycles. The van der Waals surface area contributed by atoms with Crippen molar-refractivity contribution >= 4 is 0 Å². The fourth-order valence-electron chi connectivity index (χ4n) is 0.807. The van der Waals surface area contributed by atoms with Crippen LogP contribution in [0.15, 0.2) is 24.3 Å². The van der Waals surface area contributed by atoms with Gasteiger partial charge in [-0.25, -0.2) is 0 Å². The van der Waals surface area contributed by atoms with E-state index in [1.807, 2.05) is 6.07 Å². The summed E-state index contributed by atoms with van der Waals surface area (Å²) in [6.45, 7) is 0.0475. The van der Waals surface area contributed by atoms with Crippen LogP contribution in [0.2, 0.25) is 0 Å². The third-order valence-electron chi connectivity index (χ3n) is 1.40. The second kappa shape index (κ2) is 4.45. The standard InChI is InChI=1S/C9H10N2O2/c10-5-7-1-3-8(4-2-7)13-6-9(11)12/h1-4,9,12H,6,11H2. The molecule has 1 rings (SSSR count). The van der Waals surface area contributed by atoms with Gasteiger partial charge in [-0.2, -0.15) is 5.26 Å². The Labute approximate surface area is 76.2 Å². The van der Waals surface area contributed by atoms with Crippen LogP contribution in [0.5, 0.6) is 5.75 Å². The van der Waals surface area contributed by atoms with Crippen molar-refractivity contribution in [3.8, 4) is 11.8 Å². The summed E-state index contributed by atoms with van der Waals surface area (Å²) in [4.78, 5) is 0. The van der Waals surface area contributed by atoms with Crippen LogP contribution in [0.4, 0.5) is 0 Å². The van der Waals surface area contributed by atoms with Crippen LogP contribution in [0.1, 0.15) is 5.56 Å². The Morgan fingerprint density at radius 3 is 2.54 bits per heavy atom. The zero-order valence-corrected chi connectivity index (χ0v) is 6.97. The van der Waals surface area contributed by atoms with E-state index in [4.69, 9.17) is 20.8 Å². The molecule has 1 unspecified atom stereocenters. The highest BCUT2D eigenvalue weighted by Crippen LogP contribution is 2.11. The van der Waals surface area contributed by atoms with Gasteiger partial charge in [-0.15, -0.1) is 0 Å². The van der Waals surface area contributed by atoms with Gasteiger partial charge in [0, 0.05) is 0 Å². The van der Waals surface area contributed by atoms with E-state index >= 15 is 0 Å². The Morgan fingerprint density at radius 2 is 2.08 bits per heavy atom. The Balaban J connectivity index is 2.55. The number of hydrogen-bond acceptors (Lipinski definition) is 4. The van der Waals surface area contributed by atoms with Crippen molar-refractivity contribution in [2.24, 2.45) is 5.73 Å². The molecule has 13 heavy (non-hydrogen) atoms. The van der Waals surface area contributed by atoms with Gasteiger partial charge in [-0.3, -0.25) is 0 Å². The summed E-state index contributed by atoms with van der Waals surface area (Å²) >= 11 is 0. The molecule has 0 aromatic heterocycles. The number of nitrogens with two attached hydrogens (primary N) is 1. The summed E-state index contributed by atoms with van der Waals surface area (Å²) in [5.41, 5.74) is 5.64. The van der Waals surface area contributed by atoms with E-state index < -0.39 is 6.23 Å². The Morgan fingerprint density at radius 1 is 1.46 bits per heavy atom. The maximum atomic E-state index is 8.71. The molecule has 0 bridgehead atoms. The van der Waals surface area contributed by atoms with Gasteiger partial charge in [-0.1, -0.05) is 0 Å². The first-order valence-electron chi connectivity index (χ1n) is 3.79. The van der Waals surface area contributed by atoms with E-state index in [0.29, 0.717) is 11.3 Å². The summed E-state index contributed by atoms with van der Waals surface area (Å²) < 4.78 is 5.08. The Hall–Kier alpha value is -1.57. The number of rotatable bonds is 3. The van der Waals surface area contributed by atoms with Gasteiger partial charge >= 0.3 is 0 Å². The molecule has 4 heteroatoms. The maximum Gasteiger partial charge on any atom is 0.136 e. The van der Waals surface area contributed by atoms with Crippen LogP contribution in [0.3, 0.4) is 0 Å². The summed E-state index contributed by atoms with van der Waals surface area (Å²) in [7, 11) is 0. The highest BCUT2D eigenvalue weighted by molar-refractivity contribution is 5.34. The second-order valence-corrected chi connectivity index (χ2v) is 2.51. The van der Waals surface area contributed by atoms with Gasteiger partial charge in [0.1, 0.15) is 18.6 Å². The quantitative estimate of drug-likeness (QED) is 0.648. The van der Waals surface area contributed by atoms with Crippen molar-refractivity contribution in [2.75, 3.05) is 6.61 Å². The highest BCUT2D eigenvalue weighted by Gasteiger charge is 1.97. The maximum absolute atomic E-state index is 8.71. The van der Waals surface area contributed by atoms with Crippen molar-refractivity contribution in [2.45, 2.75) is 6.23 Å². The third kappa shape index (κ3) is 3.11. The van der Waals surface area contributed by atoms with Gasteiger partial charge in [0.15, 0.2) is 0 Å². The van der Waals surface area contributed by atoms with Crippen LogP contribution in [-0.2, 0) is 0 Å². The summed E-state index contributed by atoms with van der Waals surface area (Å²) in [6, 6.07) is 8.57. The summed E-state index contributed by atoms with van der Waals surface area (Å²) in [5.74, 6) is 0.587. The molecule has 3 N–H and O–H groups in total. The minimum absolute atomic E-state index is 0.0475. The lowest BCUT2D eigenvalue weighted by atomic mass is 10.2. The highest BCUT2D eigenvalue weighted by atomic mass is 16.5. The van der Waals surface area contributed by atoms with E-state index in [-0.39, 0.29) is 6.61 Å². The molecule has 0 aliphatic carbocycles. The largest absolute Gasteiger partial charge is 0.489 e. The molecular formula is C9H10N2O2. The van der Waals surface area contributed by atoms with Gasteiger partial charge in [0.05, 0.1) is 11.6 Å². The molecule has 0 radical (unpaired) electrons. The molecule has 4 nitrogen and oxygen atoms in total. The van der Waals surface area contributed by atoms with Gasteiger partial charge in [0.25, 0.3) is 0 Å². The summed E-state index contributed by atoms with van der Waals surface area (Å²) in [6.07, 6.45) is -0.976. The monoisotopic (exact) mass is 178 g/mol. The minimum Gasteiger partial charge on any atom is -0.489 e. The normalized spacial score (nSPS) is 11.8. The lowest BCUT2D eigenvalue weighted by Gasteiger charge is -2.07. The molecule has 0 saturated carbocycles. The Bertz CT molecular complexity index is 300. The molecule has 0 fully saturated rings. The number of aliphatic hydroxyl groups excluding tert-OH is 1. The molecule has 0 aliphatic rings. The number of hydrogen-bond donors (Lipinski definition) is 2. The molecular weight excluding hydrogens is 168 g/mol. The lowest BCUT2D eigenvalue weighted by Crippen LogP contribution is -2.26. The number of ether oxygens (including phenoxy) is 1. The molecule has 0 saturated heterocycles. The van der Waals surface area contributed by atoms with E-state index in [2.05, 4.69) is 0 Å². The van der Waals surface area contributed by atoms with Crippen LogP contribution in [0, 0.1) is 11.3 Å². The van der Waals surface area contributed by atoms with Crippen molar-refractivity contribution in [1.82, 2.24) is 0 Å². The molecule has 0 spiro atoms. The SMILES string of the molecule is N#Cc1ccc(OCC(N)O)cc1. The minimum atomic E-state index is -0.976. The van der Waals surface area contributed by atoms with E-state index in [1.54, 1.807) is 24.3 Å². The van der Waals surface area contributed by atoms with Crippen molar-refractivity contribution in [3.05, 3.63) is 29.8 Å². The number of nitrogens with zero attached hydrogens (tertiary/aromatic N) is 1. The van der Waals surface area contributed by atoms with Crippen LogP contribution in [0.25, 0.3) is 0 Å². The van der Waals surface area contributed by atoms with Crippen LogP contribution < -0.4 is 10.5 Å². The van der Waals surface area contributed by atoms with Gasteiger partial charge < -0.3 is 15.6 Å². The van der Waals surface area contributed by atoms with E-state index in [9.17, 15) is 0 Å². The van der Waals surface area contributed by atoms with Crippen molar-refractivity contribution in [1.29, 1.82) is 5.26 Å². The van der Waals surface area contributed by atoms with Crippen molar-refractivity contribution in [3.63, 3.8) is 0 Å². The molecule has 1 atom stereocenters. The van der Waals surface area contributed by atoms with Crippen LogP contribution >= 0.6 is 0 Å². The molecule has 1 aromatic carbocycles. The lowest BCUT2D eigenvalue weighted by molar-refractivity contribution is 0.113. The predicted molar refractivity (Wildman–Crippen MR) is 46.8 cm³/mol. The van der Waals surface area contributed by atoms with Gasteiger partial charge in [0.2, 0.25) is 0 Å². The number of aliphatic hydroxyl groups is 1. The number of nitriles is 1. The molecule has 68 valence electrons. The summed E-state index contributed by atoms with van der Waals surface area (Å²) in [5, 5.41) is 17.2. The van der Waals surface area contributed by atoms with Crippen molar-refractivity contribution < 1.29 is 9.84 Å². The first-order valence-corrected chi connectivity index (χ1v) is 3.79. The first-order chi connectivity index (χ1) is 6.22. The smallest absolute Gasteiger partial charge is 0.136 e. The molecule has 0 heterocycles. The van der Waals surface area contributed by atoms with Crippen LogP contribution in [-0.4, -0.2) is 17.9 Å². The zero-order chi connectivity index (χ0) is 9.68. The second-order valence-electron chi connectivity index (χ2n) is 2.51. The average Bonchev–Trinajstić information content (AvgIpc) is 2.15.